The highest BCUT2D eigenvalue weighted by Crippen LogP contribution is 2.34. The lowest BCUT2D eigenvalue weighted by Crippen LogP contribution is -2.38. The molecule has 1 aromatic heterocycles. The first-order valence-corrected chi connectivity index (χ1v) is 13.4. The molecule has 2 fully saturated rings. The largest absolute Gasteiger partial charge is 0.491 e. The molecule has 4 rings (SSSR count). The summed E-state index contributed by atoms with van der Waals surface area (Å²) in [4.78, 5) is 31.1. The van der Waals surface area contributed by atoms with Gasteiger partial charge in [0.1, 0.15) is 18.5 Å². The number of benzene rings is 1. The van der Waals surface area contributed by atoms with E-state index in [4.69, 9.17) is 9.47 Å². The molecule has 0 radical (unpaired) electrons. The van der Waals surface area contributed by atoms with Gasteiger partial charge in [-0.25, -0.2) is 9.18 Å². The van der Waals surface area contributed by atoms with Crippen molar-refractivity contribution in [3.8, 4) is 5.75 Å². The van der Waals surface area contributed by atoms with E-state index in [1.807, 2.05) is 27.0 Å². The lowest BCUT2D eigenvalue weighted by molar-refractivity contribution is -0.137. The van der Waals surface area contributed by atoms with Crippen LogP contribution in [0.1, 0.15) is 60.8 Å². The van der Waals surface area contributed by atoms with Gasteiger partial charge in [-0.3, -0.25) is 9.69 Å². The second-order valence-corrected chi connectivity index (χ2v) is 11.8. The van der Waals surface area contributed by atoms with Gasteiger partial charge in [0.15, 0.2) is 4.80 Å². The molecule has 1 N–H and O–H groups in total. The zero-order valence-electron chi connectivity index (χ0n) is 21.8. The first-order chi connectivity index (χ1) is 18.2. The number of rotatable bonds is 6. The SMILES string of the molecule is CC(C)(C)c1cn(C[C@H]2CCCO2)c(=NC(=O)c2cc(C(F)(F)F)ccc2OC[C@@H]2C[C@@H](F)CN2C(=O)O)s1. The van der Waals surface area contributed by atoms with Crippen molar-refractivity contribution < 1.29 is 41.7 Å². The van der Waals surface area contributed by atoms with E-state index in [2.05, 4.69) is 4.99 Å². The van der Waals surface area contributed by atoms with Crippen LogP contribution in [0.5, 0.6) is 5.75 Å². The average Bonchev–Trinajstić information content (AvgIpc) is 3.58. The van der Waals surface area contributed by atoms with Gasteiger partial charge in [-0.05, 0) is 36.5 Å². The molecule has 2 aliphatic rings. The predicted molar refractivity (Wildman–Crippen MR) is 135 cm³/mol. The number of halogens is 4. The summed E-state index contributed by atoms with van der Waals surface area (Å²) in [5.41, 5.74) is -1.73. The van der Waals surface area contributed by atoms with E-state index in [9.17, 15) is 32.3 Å². The summed E-state index contributed by atoms with van der Waals surface area (Å²) in [7, 11) is 0. The summed E-state index contributed by atoms with van der Waals surface area (Å²) in [6.07, 6.45) is -3.95. The number of alkyl halides is 4. The molecule has 39 heavy (non-hydrogen) atoms. The van der Waals surface area contributed by atoms with Crippen LogP contribution >= 0.6 is 11.3 Å². The standard InChI is InChI=1S/C26H31F4N3O5S/c1-25(2,3)21-13-32(12-18-5-4-8-37-18)23(39-21)31-22(34)19-9-15(26(28,29)30)6-7-20(19)38-14-17-10-16(27)11-33(17)24(35)36/h6-7,9,13,16-18H,4-5,8,10-12,14H2,1-3H3,(H,35,36)/t16-,17+,18-/m1/s1. The molecule has 0 saturated carbocycles. The van der Waals surface area contributed by atoms with E-state index in [1.54, 1.807) is 4.57 Å². The van der Waals surface area contributed by atoms with Gasteiger partial charge >= 0.3 is 12.3 Å². The van der Waals surface area contributed by atoms with Crippen molar-refractivity contribution in [1.82, 2.24) is 9.47 Å². The third-order valence-corrected chi connectivity index (χ3v) is 8.10. The van der Waals surface area contributed by atoms with Gasteiger partial charge in [0.05, 0.1) is 36.4 Å². The Labute approximate surface area is 226 Å². The minimum Gasteiger partial charge on any atom is -0.491 e. The van der Waals surface area contributed by atoms with Crippen molar-refractivity contribution in [2.75, 3.05) is 19.8 Å². The van der Waals surface area contributed by atoms with Gasteiger partial charge in [0, 0.05) is 24.1 Å². The molecule has 2 amide bonds. The van der Waals surface area contributed by atoms with Gasteiger partial charge in [-0.2, -0.15) is 18.2 Å². The molecule has 0 spiro atoms. The van der Waals surface area contributed by atoms with E-state index in [0.717, 1.165) is 34.8 Å². The van der Waals surface area contributed by atoms with E-state index in [1.165, 1.54) is 11.3 Å². The topological polar surface area (TPSA) is 93.4 Å². The fourth-order valence-electron chi connectivity index (χ4n) is 4.54. The lowest BCUT2D eigenvalue weighted by Gasteiger charge is -2.22. The Morgan fingerprint density at radius 3 is 2.62 bits per heavy atom. The van der Waals surface area contributed by atoms with E-state index in [-0.39, 0.29) is 36.8 Å². The summed E-state index contributed by atoms with van der Waals surface area (Å²) in [6, 6.07) is 1.60. The van der Waals surface area contributed by atoms with Crippen molar-refractivity contribution in [1.29, 1.82) is 0 Å². The molecular formula is C26H31F4N3O5S. The highest BCUT2D eigenvalue weighted by molar-refractivity contribution is 7.09. The van der Waals surface area contributed by atoms with Gasteiger partial charge in [-0.15, -0.1) is 11.3 Å². The van der Waals surface area contributed by atoms with Crippen LogP contribution in [-0.4, -0.2) is 64.6 Å². The number of amides is 2. The lowest BCUT2D eigenvalue weighted by atomic mass is 9.95. The maximum absolute atomic E-state index is 13.8. The molecule has 0 aliphatic carbocycles. The zero-order chi connectivity index (χ0) is 28.5. The summed E-state index contributed by atoms with van der Waals surface area (Å²) in [5.74, 6) is -1.13. The Bertz CT molecular complexity index is 1280. The molecular weight excluding hydrogens is 542 g/mol. The van der Waals surface area contributed by atoms with Crippen LogP contribution in [0.2, 0.25) is 0 Å². The number of nitrogens with zero attached hydrogens (tertiary/aromatic N) is 3. The molecule has 8 nitrogen and oxygen atoms in total. The Morgan fingerprint density at radius 2 is 2.00 bits per heavy atom. The number of carboxylic acid groups (broad SMARTS) is 1. The number of likely N-dealkylation sites (tertiary alicyclic amines) is 1. The van der Waals surface area contributed by atoms with Crippen molar-refractivity contribution in [2.45, 2.75) is 76.5 Å². The number of hydrogen-bond donors (Lipinski definition) is 1. The number of carbonyl (C=O) groups is 2. The second-order valence-electron chi connectivity index (χ2n) is 10.8. The minimum atomic E-state index is -4.72. The Kier molecular flexibility index (Phi) is 8.41. The van der Waals surface area contributed by atoms with E-state index in [0.29, 0.717) is 24.0 Å². The Hall–Kier alpha value is -2.93. The Balaban J connectivity index is 1.69. The number of hydrogen-bond acceptors (Lipinski definition) is 5. The highest BCUT2D eigenvalue weighted by Gasteiger charge is 2.37. The molecule has 2 aliphatic heterocycles. The summed E-state index contributed by atoms with van der Waals surface area (Å²) >= 11 is 1.27. The van der Waals surface area contributed by atoms with Gasteiger partial charge in [-0.1, -0.05) is 20.8 Å². The molecule has 0 unspecified atom stereocenters. The zero-order valence-corrected chi connectivity index (χ0v) is 22.6. The molecule has 2 saturated heterocycles. The number of thiazole rings is 1. The number of ether oxygens (including phenoxy) is 2. The predicted octanol–water partition coefficient (Wildman–Crippen LogP) is 5.26. The van der Waals surface area contributed by atoms with Crippen LogP contribution in [0.15, 0.2) is 29.4 Å². The highest BCUT2D eigenvalue weighted by atomic mass is 32.1. The maximum atomic E-state index is 13.8. The fraction of sp³-hybridized carbons (Fsp3) is 0.577. The molecule has 3 heterocycles. The summed E-state index contributed by atoms with van der Waals surface area (Å²) in [5, 5.41) is 9.32. The summed E-state index contributed by atoms with van der Waals surface area (Å²) in [6.45, 7) is 6.45. The first-order valence-electron chi connectivity index (χ1n) is 12.6. The average molecular weight is 574 g/mol. The third kappa shape index (κ3) is 6.99. The van der Waals surface area contributed by atoms with Gasteiger partial charge in [0.2, 0.25) is 0 Å². The van der Waals surface area contributed by atoms with Crippen LogP contribution in [-0.2, 0) is 22.9 Å². The van der Waals surface area contributed by atoms with Crippen molar-refractivity contribution in [3.63, 3.8) is 0 Å². The third-order valence-electron chi connectivity index (χ3n) is 6.66. The summed E-state index contributed by atoms with van der Waals surface area (Å²) < 4.78 is 67.5. The smallest absolute Gasteiger partial charge is 0.416 e. The van der Waals surface area contributed by atoms with Crippen LogP contribution in [0.3, 0.4) is 0 Å². The van der Waals surface area contributed by atoms with Crippen LogP contribution in [0.25, 0.3) is 0 Å². The molecule has 2 aromatic rings. The molecule has 214 valence electrons. The van der Waals surface area contributed by atoms with E-state index < -0.39 is 41.5 Å². The van der Waals surface area contributed by atoms with Crippen LogP contribution in [0, 0.1) is 0 Å². The van der Waals surface area contributed by atoms with Gasteiger partial charge < -0.3 is 19.1 Å². The minimum absolute atomic E-state index is 0.0585. The molecule has 13 heteroatoms. The maximum Gasteiger partial charge on any atom is 0.416 e. The van der Waals surface area contributed by atoms with Crippen molar-refractivity contribution >= 4 is 23.3 Å². The monoisotopic (exact) mass is 573 g/mol. The first kappa shape index (κ1) is 29.1. The van der Waals surface area contributed by atoms with Gasteiger partial charge in [0.25, 0.3) is 5.91 Å². The Morgan fingerprint density at radius 1 is 1.26 bits per heavy atom. The van der Waals surface area contributed by atoms with Crippen molar-refractivity contribution in [3.05, 3.63) is 45.2 Å². The van der Waals surface area contributed by atoms with Crippen molar-refractivity contribution in [2.24, 2.45) is 4.99 Å². The fourth-order valence-corrected chi connectivity index (χ4v) is 5.59. The van der Waals surface area contributed by atoms with Crippen LogP contribution < -0.4 is 9.54 Å². The second kappa shape index (κ2) is 11.3. The molecule has 0 bridgehead atoms. The van der Waals surface area contributed by atoms with E-state index >= 15 is 0 Å². The quantitative estimate of drug-likeness (QED) is 0.477. The molecule has 3 atom stereocenters. The van der Waals surface area contributed by atoms with Crippen LogP contribution in [0.4, 0.5) is 22.4 Å². The molecule has 1 aromatic carbocycles. The number of aromatic nitrogens is 1. The number of carbonyl (C=O) groups excluding carboxylic acids is 1. The normalized spacial score (nSPS) is 22.5.